The van der Waals surface area contributed by atoms with Gasteiger partial charge in [-0.25, -0.2) is 4.79 Å². The summed E-state index contributed by atoms with van der Waals surface area (Å²) in [7, 11) is 0. The molecule has 0 spiro atoms. The van der Waals surface area contributed by atoms with E-state index in [1.807, 2.05) is 18.2 Å². The summed E-state index contributed by atoms with van der Waals surface area (Å²) in [5, 5.41) is 7.41. The van der Waals surface area contributed by atoms with Gasteiger partial charge in [-0.2, -0.15) is 0 Å². The van der Waals surface area contributed by atoms with Gasteiger partial charge in [0.15, 0.2) is 0 Å². The zero-order chi connectivity index (χ0) is 20.7. The first-order chi connectivity index (χ1) is 14.6. The summed E-state index contributed by atoms with van der Waals surface area (Å²) in [5.41, 5.74) is 3.14. The van der Waals surface area contributed by atoms with Crippen LogP contribution in [0, 0.1) is 0 Å². The highest BCUT2D eigenvalue weighted by atomic mass is 79.9. The monoisotopic (exact) mass is 482 g/mol. The van der Waals surface area contributed by atoms with Gasteiger partial charge in [0.1, 0.15) is 16.9 Å². The lowest BCUT2D eigenvalue weighted by Crippen LogP contribution is -2.38. The predicted octanol–water partition coefficient (Wildman–Crippen LogP) is 5.46. The Morgan fingerprint density at radius 3 is 2.70 bits per heavy atom. The van der Waals surface area contributed by atoms with Crippen LogP contribution in [0.2, 0.25) is 0 Å². The van der Waals surface area contributed by atoms with Gasteiger partial charge >= 0.3 is 5.97 Å². The van der Waals surface area contributed by atoms with E-state index in [1.54, 1.807) is 41.7 Å². The van der Waals surface area contributed by atoms with Crippen LogP contribution in [0.4, 0.5) is 5.00 Å². The molecule has 3 aromatic rings. The van der Waals surface area contributed by atoms with Gasteiger partial charge in [-0.15, -0.1) is 11.3 Å². The fraction of sp³-hybridized carbons (Fsp3) is 0.217. The second-order valence-corrected chi connectivity index (χ2v) is 9.42. The summed E-state index contributed by atoms with van der Waals surface area (Å²) in [6.45, 7) is 0. The molecule has 1 atom stereocenters. The minimum Gasteiger partial charge on any atom is -0.422 e. The lowest BCUT2D eigenvalue weighted by molar-refractivity contribution is 0.0732. The molecule has 1 amide bonds. The van der Waals surface area contributed by atoms with Gasteiger partial charge in [0.2, 0.25) is 0 Å². The Bertz CT molecular complexity index is 1140. The van der Waals surface area contributed by atoms with Crippen molar-refractivity contribution in [1.29, 1.82) is 0 Å². The Balaban J connectivity index is 1.47. The van der Waals surface area contributed by atoms with Crippen LogP contribution in [0.3, 0.4) is 0 Å². The highest BCUT2D eigenvalue weighted by molar-refractivity contribution is 9.10. The maximum atomic E-state index is 13.0. The molecule has 1 aliphatic carbocycles. The van der Waals surface area contributed by atoms with Gasteiger partial charge in [0, 0.05) is 14.9 Å². The van der Waals surface area contributed by atoms with Crippen LogP contribution in [0.25, 0.3) is 0 Å². The SMILES string of the molecule is O=C(Oc1ccc(Br)cc1[C@@H]1NC(=O)c2c(sc3c2CCCC3)N1)c1ccccc1. The van der Waals surface area contributed by atoms with Crippen molar-refractivity contribution in [2.75, 3.05) is 5.32 Å². The van der Waals surface area contributed by atoms with Crippen molar-refractivity contribution >= 4 is 44.1 Å². The summed E-state index contributed by atoms with van der Waals surface area (Å²) in [6, 6.07) is 14.3. The van der Waals surface area contributed by atoms with E-state index in [-0.39, 0.29) is 5.91 Å². The van der Waals surface area contributed by atoms with Gasteiger partial charge in [-0.1, -0.05) is 34.1 Å². The summed E-state index contributed by atoms with van der Waals surface area (Å²) >= 11 is 5.16. The standard InChI is InChI=1S/C23H19BrN2O3S/c24-14-10-11-17(29-23(28)13-6-2-1-3-7-13)16(12-14)20-25-21(27)19-15-8-4-5-9-18(15)30-22(19)26-20/h1-3,6-7,10-12,20,26H,4-5,8-9H2,(H,25,27)/t20-/m1/s1. The maximum absolute atomic E-state index is 13.0. The number of carbonyl (C=O) groups excluding carboxylic acids is 2. The highest BCUT2D eigenvalue weighted by Gasteiger charge is 2.33. The largest absolute Gasteiger partial charge is 0.422 e. The molecule has 2 N–H and O–H groups in total. The lowest BCUT2D eigenvalue weighted by Gasteiger charge is -2.28. The summed E-state index contributed by atoms with van der Waals surface area (Å²) in [5.74, 6) is -0.100. The van der Waals surface area contributed by atoms with E-state index < -0.39 is 12.1 Å². The molecule has 7 heteroatoms. The molecule has 0 unspecified atom stereocenters. The number of aryl methyl sites for hydroxylation is 1. The highest BCUT2D eigenvalue weighted by Crippen LogP contribution is 2.42. The van der Waals surface area contributed by atoms with Crippen LogP contribution in [0.1, 0.15) is 55.7 Å². The van der Waals surface area contributed by atoms with E-state index in [0.717, 1.165) is 34.3 Å². The number of halogens is 1. The first-order valence-corrected chi connectivity index (χ1v) is 11.5. The number of hydrogen-bond donors (Lipinski definition) is 2. The quantitative estimate of drug-likeness (QED) is 0.384. The topological polar surface area (TPSA) is 67.4 Å². The third-order valence-corrected chi connectivity index (χ3v) is 7.16. The summed E-state index contributed by atoms with van der Waals surface area (Å²) in [4.78, 5) is 26.9. The molecule has 0 bridgehead atoms. The predicted molar refractivity (Wildman–Crippen MR) is 120 cm³/mol. The number of anilines is 1. The van der Waals surface area contributed by atoms with Gasteiger partial charge in [-0.3, -0.25) is 4.79 Å². The molecule has 1 aromatic heterocycles. The molecule has 0 saturated heterocycles. The van der Waals surface area contributed by atoms with E-state index in [1.165, 1.54) is 16.9 Å². The third kappa shape index (κ3) is 3.52. The Morgan fingerprint density at radius 2 is 1.87 bits per heavy atom. The van der Waals surface area contributed by atoms with E-state index in [4.69, 9.17) is 4.74 Å². The molecule has 0 radical (unpaired) electrons. The molecule has 2 aliphatic rings. The first kappa shape index (κ1) is 19.3. The number of nitrogens with one attached hydrogen (secondary N) is 2. The molecule has 5 rings (SSSR count). The second kappa shape index (κ2) is 7.89. The molecule has 1 aliphatic heterocycles. The molecule has 30 heavy (non-hydrogen) atoms. The minimum absolute atomic E-state index is 0.0755. The van der Waals surface area contributed by atoms with Crippen LogP contribution in [0.15, 0.2) is 53.0 Å². The Morgan fingerprint density at radius 1 is 1.07 bits per heavy atom. The molecule has 0 saturated carbocycles. The van der Waals surface area contributed by atoms with Gasteiger partial charge in [0.25, 0.3) is 5.91 Å². The van der Waals surface area contributed by atoms with Crippen LogP contribution >= 0.6 is 27.3 Å². The molecular weight excluding hydrogens is 464 g/mol. The average Bonchev–Trinajstić information content (AvgIpc) is 3.14. The van der Waals surface area contributed by atoms with Crippen LogP contribution in [0.5, 0.6) is 5.75 Å². The molecule has 152 valence electrons. The number of hydrogen-bond acceptors (Lipinski definition) is 5. The normalized spacial score (nSPS) is 17.4. The fourth-order valence-corrected chi connectivity index (χ4v) is 5.70. The van der Waals surface area contributed by atoms with Crippen LogP contribution in [-0.4, -0.2) is 11.9 Å². The average molecular weight is 483 g/mol. The number of benzene rings is 2. The number of esters is 1. The van der Waals surface area contributed by atoms with Crippen molar-refractivity contribution in [2.24, 2.45) is 0 Å². The van der Waals surface area contributed by atoms with Crippen LogP contribution in [-0.2, 0) is 12.8 Å². The third-order valence-electron chi connectivity index (χ3n) is 5.44. The first-order valence-electron chi connectivity index (χ1n) is 9.89. The number of fused-ring (bicyclic) bond motifs is 3. The molecule has 0 fully saturated rings. The number of thiophene rings is 1. The van der Waals surface area contributed by atoms with E-state index in [9.17, 15) is 9.59 Å². The summed E-state index contributed by atoms with van der Waals surface area (Å²) < 4.78 is 6.53. The smallest absolute Gasteiger partial charge is 0.343 e. The summed E-state index contributed by atoms with van der Waals surface area (Å²) in [6.07, 6.45) is 3.79. The number of ether oxygens (including phenoxy) is 1. The lowest BCUT2D eigenvalue weighted by atomic mass is 9.94. The molecule has 5 nitrogen and oxygen atoms in total. The maximum Gasteiger partial charge on any atom is 0.343 e. The Hall–Kier alpha value is -2.64. The van der Waals surface area contributed by atoms with Gasteiger partial charge in [-0.05, 0) is 61.6 Å². The van der Waals surface area contributed by atoms with E-state index in [2.05, 4.69) is 26.6 Å². The van der Waals surface area contributed by atoms with Crippen molar-refractivity contribution < 1.29 is 14.3 Å². The number of amides is 1. The van der Waals surface area contributed by atoms with E-state index >= 15 is 0 Å². The van der Waals surface area contributed by atoms with Crippen LogP contribution < -0.4 is 15.4 Å². The number of rotatable bonds is 3. The minimum atomic E-state index is -0.485. The van der Waals surface area contributed by atoms with Gasteiger partial charge in [0.05, 0.1) is 11.1 Å². The molecule has 2 heterocycles. The Kier molecular flexibility index (Phi) is 5.08. The number of carbonyl (C=O) groups is 2. The van der Waals surface area contributed by atoms with Crippen molar-refractivity contribution in [3.63, 3.8) is 0 Å². The fourth-order valence-electron chi connectivity index (χ4n) is 4.00. The van der Waals surface area contributed by atoms with Crippen molar-refractivity contribution in [2.45, 2.75) is 31.8 Å². The van der Waals surface area contributed by atoms with Gasteiger partial charge < -0.3 is 15.4 Å². The van der Waals surface area contributed by atoms with Crippen molar-refractivity contribution in [3.05, 3.63) is 80.1 Å². The zero-order valence-corrected chi connectivity index (χ0v) is 18.4. The zero-order valence-electron chi connectivity index (χ0n) is 16.0. The van der Waals surface area contributed by atoms with Crippen molar-refractivity contribution in [3.8, 4) is 5.75 Å². The Labute approximate surface area is 186 Å². The molecule has 2 aromatic carbocycles. The van der Waals surface area contributed by atoms with E-state index in [0.29, 0.717) is 16.9 Å². The molecular formula is C23H19BrN2O3S. The second-order valence-electron chi connectivity index (χ2n) is 7.40. The van der Waals surface area contributed by atoms with Crippen molar-refractivity contribution in [1.82, 2.24) is 5.32 Å².